The van der Waals surface area contributed by atoms with Crippen LogP contribution in [-0.2, 0) is 0 Å². The number of hydrogen-bond donors (Lipinski definition) is 3. The summed E-state index contributed by atoms with van der Waals surface area (Å²) in [5.74, 6) is 0. The highest BCUT2D eigenvalue weighted by atomic mass is 16.3. The quantitative estimate of drug-likeness (QED) is 0.417. The molecule has 4 atom stereocenters. The number of piperidine rings is 1. The molecule has 3 nitrogen and oxygen atoms in total. The first-order chi connectivity index (χ1) is 4.77. The first-order valence-corrected chi connectivity index (χ1v) is 3.89. The van der Waals surface area contributed by atoms with Gasteiger partial charge in [-0.25, -0.2) is 0 Å². The molecule has 2 heterocycles. The molecule has 10 heavy (non-hydrogen) atoms. The molecule has 2 bridgehead atoms. The van der Waals surface area contributed by atoms with Crippen molar-refractivity contribution >= 4 is 0 Å². The lowest BCUT2D eigenvalue weighted by molar-refractivity contribution is -0.0237. The molecule has 0 saturated carbocycles. The second-order valence-corrected chi connectivity index (χ2v) is 3.34. The second-order valence-electron chi connectivity index (χ2n) is 3.34. The third kappa shape index (κ3) is 0.856. The number of aliphatic hydroxyl groups excluding tert-OH is 2. The van der Waals surface area contributed by atoms with E-state index in [4.69, 9.17) is 0 Å². The van der Waals surface area contributed by atoms with E-state index in [1.165, 1.54) is 0 Å². The molecule has 2 fully saturated rings. The third-order valence-electron chi connectivity index (χ3n) is 2.61. The molecule has 0 amide bonds. The lowest BCUT2D eigenvalue weighted by atomic mass is 10.00. The van der Waals surface area contributed by atoms with Gasteiger partial charge in [-0.2, -0.15) is 0 Å². The third-order valence-corrected chi connectivity index (χ3v) is 2.61. The summed E-state index contributed by atoms with van der Waals surface area (Å²) < 4.78 is 0. The Morgan fingerprint density at radius 1 is 1.20 bits per heavy atom. The smallest absolute Gasteiger partial charge is 0.0952 e. The lowest BCUT2D eigenvalue weighted by Gasteiger charge is -2.30. The molecule has 3 N–H and O–H groups in total. The lowest BCUT2D eigenvalue weighted by Crippen LogP contribution is -2.51. The van der Waals surface area contributed by atoms with Crippen LogP contribution in [0, 0.1) is 0 Å². The maximum absolute atomic E-state index is 9.35. The van der Waals surface area contributed by atoms with Gasteiger partial charge >= 0.3 is 0 Å². The van der Waals surface area contributed by atoms with Crippen LogP contribution in [0.25, 0.3) is 0 Å². The van der Waals surface area contributed by atoms with Crippen molar-refractivity contribution in [3.8, 4) is 0 Å². The average molecular weight is 143 g/mol. The van der Waals surface area contributed by atoms with E-state index in [2.05, 4.69) is 5.32 Å². The van der Waals surface area contributed by atoms with Gasteiger partial charge in [-0.05, 0) is 19.3 Å². The van der Waals surface area contributed by atoms with E-state index < -0.39 is 12.2 Å². The van der Waals surface area contributed by atoms with Crippen molar-refractivity contribution < 1.29 is 10.2 Å². The minimum Gasteiger partial charge on any atom is -0.390 e. The zero-order chi connectivity index (χ0) is 7.14. The monoisotopic (exact) mass is 143 g/mol. The van der Waals surface area contributed by atoms with Gasteiger partial charge in [0.2, 0.25) is 0 Å². The van der Waals surface area contributed by atoms with Gasteiger partial charge in [0, 0.05) is 12.1 Å². The summed E-state index contributed by atoms with van der Waals surface area (Å²) in [6, 6.07) is 0.622. The fourth-order valence-corrected chi connectivity index (χ4v) is 2.00. The summed E-state index contributed by atoms with van der Waals surface area (Å²) in [6.07, 6.45) is 1.83. The number of rotatable bonds is 0. The molecule has 0 spiro atoms. The van der Waals surface area contributed by atoms with Crippen LogP contribution < -0.4 is 5.32 Å². The Hall–Kier alpha value is -0.120. The van der Waals surface area contributed by atoms with Crippen LogP contribution in [0.2, 0.25) is 0 Å². The minimum absolute atomic E-state index is 0.161. The van der Waals surface area contributed by atoms with E-state index in [0.29, 0.717) is 6.04 Å². The van der Waals surface area contributed by atoms with Crippen LogP contribution in [-0.4, -0.2) is 34.5 Å². The highest BCUT2D eigenvalue weighted by Crippen LogP contribution is 2.26. The standard InChI is InChI=1S/C7H13NO2/c9-6-3-4-1-2-5(8-4)7(6)10/h4-10H,1-3H2/t4-,5+,6-,7-/m0/s1. The normalized spacial score (nSPS) is 53.4. The first kappa shape index (κ1) is 6.58. The molecule has 58 valence electrons. The van der Waals surface area contributed by atoms with Gasteiger partial charge in [0.25, 0.3) is 0 Å². The molecule has 2 saturated heterocycles. The molecule has 3 heteroatoms. The molecule has 0 unspecified atom stereocenters. The number of aliphatic hydroxyl groups is 2. The predicted molar refractivity (Wildman–Crippen MR) is 36.6 cm³/mol. The summed E-state index contributed by atoms with van der Waals surface area (Å²) in [6.45, 7) is 0. The largest absolute Gasteiger partial charge is 0.390 e. The highest BCUT2D eigenvalue weighted by molar-refractivity contribution is 4.97. The highest BCUT2D eigenvalue weighted by Gasteiger charge is 2.39. The van der Waals surface area contributed by atoms with Crippen molar-refractivity contribution in [2.75, 3.05) is 0 Å². The van der Waals surface area contributed by atoms with Crippen LogP contribution in [0.5, 0.6) is 0 Å². The number of fused-ring (bicyclic) bond motifs is 2. The Kier molecular flexibility index (Phi) is 1.44. The minimum atomic E-state index is -0.529. The Morgan fingerprint density at radius 3 is 2.80 bits per heavy atom. The zero-order valence-electron chi connectivity index (χ0n) is 5.83. The second kappa shape index (κ2) is 2.19. The van der Waals surface area contributed by atoms with Crippen LogP contribution in [0.15, 0.2) is 0 Å². The molecule has 2 rings (SSSR count). The first-order valence-electron chi connectivity index (χ1n) is 3.89. The SMILES string of the molecule is O[C@@H]1[C@@H](O)C[C@@H]2CC[C@H]1N2. The van der Waals surface area contributed by atoms with Crippen molar-refractivity contribution in [1.29, 1.82) is 0 Å². The van der Waals surface area contributed by atoms with Crippen molar-refractivity contribution in [3.63, 3.8) is 0 Å². The summed E-state index contributed by atoms with van der Waals surface area (Å²) >= 11 is 0. The maximum atomic E-state index is 9.35. The molecular formula is C7H13NO2. The molecule has 2 aliphatic rings. The summed E-state index contributed by atoms with van der Waals surface area (Å²) in [7, 11) is 0. The van der Waals surface area contributed by atoms with Crippen LogP contribution in [0.3, 0.4) is 0 Å². The van der Waals surface area contributed by atoms with Crippen molar-refractivity contribution in [3.05, 3.63) is 0 Å². The predicted octanol–water partition coefficient (Wildman–Crippen LogP) is -0.768. The maximum Gasteiger partial charge on any atom is 0.0952 e. The van der Waals surface area contributed by atoms with Gasteiger partial charge in [-0.3, -0.25) is 0 Å². The van der Waals surface area contributed by atoms with E-state index in [9.17, 15) is 10.2 Å². The molecular weight excluding hydrogens is 130 g/mol. The average Bonchev–Trinajstić information content (AvgIpc) is 2.29. The van der Waals surface area contributed by atoms with Crippen LogP contribution in [0.4, 0.5) is 0 Å². The Bertz CT molecular complexity index is 140. The van der Waals surface area contributed by atoms with E-state index in [1.807, 2.05) is 0 Å². The van der Waals surface area contributed by atoms with Crippen molar-refractivity contribution in [1.82, 2.24) is 5.32 Å². The molecule has 0 aromatic rings. The van der Waals surface area contributed by atoms with E-state index in [1.54, 1.807) is 0 Å². The van der Waals surface area contributed by atoms with Gasteiger partial charge in [-0.1, -0.05) is 0 Å². The fourth-order valence-electron chi connectivity index (χ4n) is 2.00. The van der Waals surface area contributed by atoms with Crippen molar-refractivity contribution in [2.24, 2.45) is 0 Å². The molecule has 0 radical (unpaired) electrons. The molecule has 0 aromatic heterocycles. The van der Waals surface area contributed by atoms with Crippen LogP contribution in [0.1, 0.15) is 19.3 Å². The molecule has 2 aliphatic heterocycles. The topological polar surface area (TPSA) is 52.5 Å². The van der Waals surface area contributed by atoms with Gasteiger partial charge < -0.3 is 15.5 Å². The number of hydrogen-bond acceptors (Lipinski definition) is 3. The zero-order valence-corrected chi connectivity index (χ0v) is 5.83. The summed E-state index contributed by atoms with van der Waals surface area (Å²) in [5.41, 5.74) is 0. The van der Waals surface area contributed by atoms with E-state index in [0.717, 1.165) is 19.3 Å². The van der Waals surface area contributed by atoms with Crippen molar-refractivity contribution in [2.45, 2.75) is 43.6 Å². The summed E-state index contributed by atoms with van der Waals surface area (Å²) in [4.78, 5) is 0. The Balaban J connectivity index is 2.09. The van der Waals surface area contributed by atoms with Gasteiger partial charge in [-0.15, -0.1) is 0 Å². The van der Waals surface area contributed by atoms with Gasteiger partial charge in [0.1, 0.15) is 0 Å². The van der Waals surface area contributed by atoms with Gasteiger partial charge in [0.05, 0.1) is 12.2 Å². The summed E-state index contributed by atoms with van der Waals surface area (Å²) in [5, 5.41) is 21.9. The Morgan fingerprint density at radius 2 is 2.00 bits per heavy atom. The van der Waals surface area contributed by atoms with Crippen LogP contribution >= 0.6 is 0 Å². The molecule has 0 aliphatic carbocycles. The van der Waals surface area contributed by atoms with Gasteiger partial charge in [0.15, 0.2) is 0 Å². The van der Waals surface area contributed by atoms with E-state index in [-0.39, 0.29) is 6.04 Å². The fraction of sp³-hybridized carbons (Fsp3) is 1.00. The number of nitrogens with one attached hydrogen (secondary N) is 1. The molecule has 0 aromatic carbocycles. The van der Waals surface area contributed by atoms with E-state index >= 15 is 0 Å². The Labute approximate surface area is 60.1 Å².